The highest BCUT2D eigenvalue weighted by atomic mass is 16.5. The molecule has 0 radical (unpaired) electrons. The number of aromatic nitrogens is 1. The smallest absolute Gasteiger partial charge is 0.322 e. The highest BCUT2D eigenvalue weighted by Gasteiger charge is 2.17. The van der Waals surface area contributed by atoms with Crippen LogP contribution in [0.3, 0.4) is 0 Å². The van der Waals surface area contributed by atoms with Crippen molar-refractivity contribution in [2.45, 2.75) is 19.9 Å². The van der Waals surface area contributed by atoms with Crippen LogP contribution in [0.2, 0.25) is 0 Å². The van der Waals surface area contributed by atoms with Crippen LogP contribution in [0.25, 0.3) is 0 Å². The summed E-state index contributed by atoms with van der Waals surface area (Å²) in [7, 11) is 2.01. The molecule has 2 aromatic rings. The molecule has 1 N–H and O–H groups in total. The number of urea groups is 1. The topological polar surface area (TPSA) is 49.7 Å². The second-order valence-electron chi connectivity index (χ2n) is 7.08. The number of para-hydroxylation sites is 1. The van der Waals surface area contributed by atoms with Crippen LogP contribution in [0, 0.1) is 6.92 Å². The molecule has 2 heterocycles. The molecule has 146 valence electrons. The molecule has 0 aliphatic carbocycles. The van der Waals surface area contributed by atoms with Crippen molar-refractivity contribution in [1.82, 2.24) is 14.4 Å². The maximum absolute atomic E-state index is 13.0. The number of carbonyl (C=O) groups excluding carboxylic acids is 1. The molecule has 2 amide bonds. The lowest BCUT2D eigenvalue weighted by atomic mass is 10.2. The Bertz CT molecular complexity index is 737. The molecule has 27 heavy (non-hydrogen) atoms. The molecule has 0 bridgehead atoms. The summed E-state index contributed by atoms with van der Waals surface area (Å²) in [6.45, 7) is 7.90. The zero-order chi connectivity index (χ0) is 19.1. The van der Waals surface area contributed by atoms with E-state index in [0.29, 0.717) is 6.54 Å². The zero-order valence-electron chi connectivity index (χ0n) is 16.4. The number of morpholine rings is 1. The van der Waals surface area contributed by atoms with E-state index in [1.165, 1.54) is 0 Å². The number of nitrogens with zero attached hydrogens (tertiary/aromatic N) is 3. The Morgan fingerprint density at radius 1 is 1.19 bits per heavy atom. The summed E-state index contributed by atoms with van der Waals surface area (Å²) >= 11 is 0. The third-order valence-electron chi connectivity index (χ3n) is 5.08. The number of hydrogen-bond donors (Lipinski definition) is 1. The predicted molar refractivity (Wildman–Crippen MR) is 108 cm³/mol. The van der Waals surface area contributed by atoms with Gasteiger partial charge in [-0.2, -0.15) is 0 Å². The molecule has 0 saturated carbocycles. The van der Waals surface area contributed by atoms with E-state index in [0.717, 1.165) is 62.8 Å². The van der Waals surface area contributed by atoms with E-state index in [1.807, 2.05) is 55.4 Å². The average Bonchev–Trinajstić information content (AvgIpc) is 3.08. The fourth-order valence-corrected chi connectivity index (χ4v) is 3.33. The number of aryl methyl sites for hydroxylation is 2. The van der Waals surface area contributed by atoms with Gasteiger partial charge in [0.1, 0.15) is 0 Å². The standard InChI is InChI=1S/C21H30N4O2/c1-18-7-3-4-9-20(18)22-21(26)25(17-19-8-5-10-23(19)2)12-6-11-24-13-15-27-16-14-24/h3-5,7-10H,6,11-17H2,1-2H3,(H,22,26). The Labute approximate surface area is 161 Å². The van der Waals surface area contributed by atoms with Crippen LogP contribution in [0.1, 0.15) is 17.7 Å². The van der Waals surface area contributed by atoms with Crippen LogP contribution < -0.4 is 5.32 Å². The second kappa shape index (κ2) is 9.58. The molecule has 3 rings (SSSR count). The van der Waals surface area contributed by atoms with Gasteiger partial charge in [0.05, 0.1) is 19.8 Å². The Hall–Kier alpha value is -2.31. The van der Waals surface area contributed by atoms with Crippen LogP contribution in [0.15, 0.2) is 42.6 Å². The summed E-state index contributed by atoms with van der Waals surface area (Å²) in [6, 6.07) is 11.9. The highest BCUT2D eigenvalue weighted by Crippen LogP contribution is 2.15. The first-order valence-electron chi connectivity index (χ1n) is 9.65. The SMILES string of the molecule is Cc1ccccc1NC(=O)N(CCCN1CCOCC1)Cc1cccn1C. The van der Waals surface area contributed by atoms with Gasteiger partial charge in [-0.1, -0.05) is 18.2 Å². The molecule has 1 aromatic carbocycles. The molecule has 1 saturated heterocycles. The van der Waals surface area contributed by atoms with Crippen molar-refractivity contribution in [3.05, 3.63) is 53.9 Å². The number of benzene rings is 1. The van der Waals surface area contributed by atoms with Crippen LogP contribution in [-0.4, -0.2) is 59.8 Å². The summed E-state index contributed by atoms with van der Waals surface area (Å²) in [5, 5.41) is 3.07. The van der Waals surface area contributed by atoms with Gasteiger partial charge in [0.25, 0.3) is 0 Å². The first kappa shape index (κ1) is 19.5. The van der Waals surface area contributed by atoms with E-state index in [2.05, 4.69) is 20.9 Å². The Morgan fingerprint density at radius 3 is 2.67 bits per heavy atom. The Balaban J connectivity index is 1.62. The predicted octanol–water partition coefficient (Wildman–Crippen LogP) is 3.09. The lowest BCUT2D eigenvalue weighted by Gasteiger charge is -2.28. The van der Waals surface area contributed by atoms with Gasteiger partial charge in [0, 0.05) is 50.8 Å². The molecule has 1 fully saturated rings. The molecular formula is C21H30N4O2. The highest BCUT2D eigenvalue weighted by molar-refractivity contribution is 5.90. The number of rotatable bonds is 7. The minimum Gasteiger partial charge on any atom is -0.379 e. The molecule has 1 aliphatic rings. The first-order chi connectivity index (χ1) is 13.1. The van der Waals surface area contributed by atoms with Gasteiger partial charge in [0.2, 0.25) is 0 Å². The van der Waals surface area contributed by atoms with Crippen LogP contribution in [-0.2, 0) is 18.3 Å². The maximum atomic E-state index is 13.0. The molecule has 0 atom stereocenters. The summed E-state index contributed by atoms with van der Waals surface area (Å²) in [6.07, 6.45) is 2.96. The number of nitrogens with one attached hydrogen (secondary N) is 1. The van der Waals surface area contributed by atoms with Crippen molar-refractivity contribution in [3.63, 3.8) is 0 Å². The minimum atomic E-state index is -0.0486. The van der Waals surface area contributed by atoms with E-state index in [-0.39, 0.29) is 6.03 Å². The number of ether oxygens (including phenoxy) is 1. The van der Waals surface area contributed by atoms with E-state index in [4.69, 9.17) is 4.74 Å². The number of amides is 2. The Morgan fingerprint density at radius 2 is 1.96 bits per heavy atom. The van der Waals surface area contributed by atoms with Gasteiger partial charge < -0.3 is 19.5 Å². The first-order valence-corrected chi connectivity index (χ1v) is 9.65. The van der Waals surface area contributed by atoms with E-state index in [9.17, 15) is 4.79 Å². The van der Waals surface area contributed by atoms with Gasteiger partial charge in [-0.05, 0) is 37.1 Å². The van der Waals surface area contributed by atoms with E-state index in [1.54, 1.807) is 0 Å². The molecule has 0 unspecified atom stereocenters. The summed E-state index contributed by atoms with van der Waals surface area (Å²) in [5.41, 5.74) is 3.06. The third kappa shape index (κ3) is 5.58. The second-order valence-corrected chi connectivity index (χ2v) is 7.08. The quantitative estimate of drug-likeness (QED) is 0.815. The van der Waals surface area contributed by atoms with Gasteiger partial charge in [-0.15, -0.1) is 0 Å². The van der Waals surface area contributed by atoms with Crippen LogP contribution in [0.4, 0.5) is 10.5 Å². The Kier molecular flexibility index (Phi) is 6.90. The normalized spacial score (nSPS) is 14.9. The van der Waals surface area contributed by atoms with Crippen molar-refractivity contribution in [3.8, 4) is 0 Å². The van der Waals surface area contributed by atoms with Gasteiger partial charge in [-0.25, -0.2) is 4.79 Å². The van der Waals surface area contributed by atoms with Gasteiger partial charge in [-0.3, -0.25) is 4.90 Å². The molecule has 0 spiro atoms. The van der Waals surface area contributed by atoms with Crippen LogP contribution >= 0.6 is 0 Å². The van der Waals surface area contributed by atoms with Crippen molar-refractivity contribution < 1.29 is 9.53 Å². The lowest BCUT2D eigenvalue weighted by molar-refractivity contribution is 0.0365. The summed E-state index contributed by atoms with van der Waals surface area (Å²) in [4.78, 5) is 17.3. The molecular weight excluding hydrogens is 340 g/mol. The molecule has 1 aliphatic heterocycles. The summed E-state index contributed by atoms with van der Waals surface area (Å²) < 4.78 is 7.47. The van der Waals surface area contributed by atoms with Crippen molar-refractivity contribution in [2.24, 2.45) is 7.05 Å². The van der Waals surface area contributed by atoms with Crippen molar-refractivity contribution in [2.75, 3.05) is 44.7 Å². The average molecular weight is 370 g/mol. The minimum absolute atomic E-state index is 0.0486. The van der Waals surface area contributed by atoms with E-state index >= 15 is 0 Å². The summed E-state index contributed by atoms with van der Waals surface area (Å²) in [5.74, 6) is 0. The largest absolute Gasteiger partial charge is 0.379 e. The fourth-order valence-electron chi connectivity index (χ4n) is 3.33. The van der Waals surface area contributed by atoms with E-state index < -0.39 is 0 Å². The molecule has 6 nitrogen and oxygen atoms in total. The van der Waals surface area contributed by atoms with Gasteiger partial charge >= 0.3 is 6.03 Å². The van der Waals surface area contributed by atoms with Gasteiger partial charge in [0.15, 0.2) is 0 Å². The third-order valence-corrected chi connectivity index (χ3v) is 5.08. The van der Waals surface area contributed by atoms with Crippen LogP contribution in [0.5, 0.6) is 0 Å². The zero-order valence-corrected chi connectivity index (χ0v) is 16.4. The number of hydrogen-bond acceptors (Lipinski definition) is 3. The maximum Gasteiger partial charge on any atom is 0.322 e. The number of carbonyl (C=O) groups is 1. The monoisotopic (exact) mass is 370 g/mol. The van der Waals surface area contributed by atoms with Crippen molar-refractivity contribution in [1.29, 1.82) is 0 Å². The van der Waals surface area contributed by atoms with Crippen molar-refractivity contribution >= 4 is 11.7 Å². The fraction of sp³-hybridized carbons (Fsp3) is 0.476. The molecule has 6 heteroatoms. The lowest BCUT2D eigenvalue weighted by Crippen LogP contribution is -2.40. The molecule has 1 aromatic heterocycles. The number of anilines is 1.